The average molecular weight is 493 g/mol. The molecule has 1 aromatic carbocycles. The molecule has 0 unspecified atom stereocenters. The van der Waals surface area contributed by atoms with Gasteiger partial charge in [0.2, 0.25) is 0 Å². The molecule has 10 heteroatoms. The number of hydrogen-bond acceptors (Lipinski definition) is 7. The van der Waals surface area contributed by atoms with Gasteiger partial charge in [-0.1, -0.05) is 36.4 Å². The third-order valence-corrected chi connectivity index (χ3v) is 6.88. The van der Waals surface area contributed by atoms with Crippen molar-refractivity contribution in [3.63, 3.8) is 0 Å². The van der Waals surface area contributed by atoms with E-state index >= 15 is 0 Å². The molecule has 10 nitrogen and oxygen atoms in total. The smallest absolute Gasteiger partial charge is 0.289 e. The van der Waals surface area contributed by atoms with Gasteiger partial charge in [-0.05, 0) is 18.9 Å². The number of rotatable bonds is 5. The molecule has 0 spiro atoms. The summed E-state index contributed by atoms with van der Waals surface area (Å²) in [5.74, 6) is 0.428. The molecule has 1 saturated heterocycles. The molecule has 3 N–H and O–H groups in total. The van der Waals surface area contributed by atoms with Crippen LogP contribution in [0.5, 0.6) is 0 Å². The number of nitrogen functional groups attached to an aromatic ring is 1. The van der Waals surface area contributed by atoms with Crippen molar-refractivity contribution in [3.8, 4) is 22.4 Å². The second-order valence-corrected chi connectivity index (χ2v) is 9.01. The van der Waals surface area contributed by atoms with Crippen molar-refractivity contribution in [3.05, 3.63) is 84.3 Å². The van der Waals surface area contributed by atoms with Crippen molar-refractivity contribution in [2.24, 2.45) is 0 Å². The van der Waals surface area contributed by atoms with Crippen molar-refractivity contribution < 1.29 is 9.59 Å². The number of amides is 1. The van der Waals surface area contributed by atoms with Crippen LogP contribution in [0.15, 0.2) is 67.3 Å². The number of aromatic nitrogens is 6. The number of anilines is 1. The zero-order valence-electron chi connectivity index (χ0n) is 19.9. The Morgan fingerprint density at radius 3 is 2.51 bits per heavy atom. The Bertz CT molecular complexity index is 1570. The molecular weight excluding hydrogens is 468 g/mol. The number of hydrogen-bond donors (Lipinski definition) is 2. The van der Waals surface area contributed by atoms with Crippen LogP contribution in [0, 0.1) is 0 Å². The van der Waals surface area contributed by atoms with Gasteiger partial charge in [0.15, 0.2) is 17.8 Å². The number of nitrogens with one attached hydrogen (secondary N) is 1. The molecule has 6 rings (SSSR count). The zero-order valence-corrected chi connectivity index (χ0v) is 19.9. The van der Waals surface area contributed by atoms with Crippen molar-refractivity contribution in [1.29, 1.82) is 0 Å². The van der Waals surface area contributed by atoms with Crippen LogP contribution in [0.25, 0.3) is 28.0 Å². The van der Waals surface area contributed by atoms with Gasteiger partial charge in [-0.15, -0.1) is 0 Å². The van der Waals surface area contributed by atoms with Crippen LogP contribution >= 0.6 is 0 Å². The summed E-state index contributed by atoms with van der Waals surface area (Å²) in [5, 5.41) is 4.41. The Hall–Kier alpha value is -4.86. The van der Waals surface area contributed by atoms with E-state index in [1.54, 1.807) is 29.7 Å². The fraction of sp³-hybridized carbons (Fsp3) is 0.185. The van der Waals surface area contributed by atoms with E-state index in [2.05, 4.69) is 20.1 Å². The summed E-state index contributed by atoms with van der Waals surface area (Å²) in [6, 6.07) is 13.9. The molecule has 1 fully saturated rings. The average Bonchev–Trinajstić information content (AvgIpc) is 3.64. The van der Waals surface area contributed by atoms with Crippen LogP contribution < -0.4 is 5.73 Å². The Morgan fingerprint density at radius 2 is 1.84 bits per heavy atom. The molecule has 0 atom stereocenters. The summed E-state index contributed by atoms with van der Waals surface area (Å²) < 4.78 is 1.50. The monoisotopic (exact) mass is 492 g/mol. The Morgan fingerprint density at radius 1 is 1.03 bits per heavy atom. The van der Waals surface area contributed by atoms with Gasteiger partial charge in [0.05, 0.1) is 23.1 Å². The van der Waals surface area contributed by atoms with Gasteiger partial charge in [0, 0.05) is 54.3 Å². The van der Waals surface area contributed by atoms with Crippen molar-refractivity contribution in [2.45, 2.75) is 18.8 Å². The van der Waals surface area contributed by atoms with Crippen molar-refractivity contribution >= 4 is 23.7 Å². The first-order chi connectivity index (χ1) is 18.1. The van der Waals surface area contributed by atoms with Crippen LogP contribution in [0.3, 0.4) is 0 Å². The molecule has 0 aliphatic carbocycles. The summed E-state index contributed by atoms with van der Waals surface area (Å²) in [6.07, 6.45) is 8.75. The minimum absolute atomic E-state index is 0.0190. The highest BCUT2D eigenvalue weighted by molar-refractivity contribution is 5.90. The molecule has 5 heterocycles. The van der Waals surface area contributed by atoms with Gasteiger partial charge in [0.25, 0.3) is 5.91 Å². The predicted molar refractivity (Wildman–Crippen MR) is 138 cm³/mol. The van der Waals surface area contributed by atoms with Crippen LogP contribution in [0.2, 0.25) is 0 Å². The van der Waals surface area contributed by atoms with Crippen molar-refractivity contribution in [1.82, 2.24) is 34.4 Å². The first kappa shape index (κ1) is 22.6. The number of nitrogens with zero attached hydrogens (tertiary/aromatic N) is 6. The van der Waals surface area contributed by atoms with E-state index in [1.807, 2.05) is 42.5 Å². The minimum Gasteiger partial charge on any atom is -0.383 e. The Balaban J connectivity index is 1.31. The van der Waals surface area contributed by atoms with Crippen LogP contribution in [0.4, 0.5) is 5.82 Å². The fourth-order valence-corrected chi connectivity index (χ4v) is 4.90. The highest BCUT2D eigenvalue weighted by Gasteiger charge is 2.29. The lowest BCUT2D eigenvalue weighted by atomic mass is 9.90. The fourth-order valence-electron chi connectivity index (χ4n) is 4.90. The normalized spacial score (nSPS) is 14.2. The summed E-state index contributed by atoms with van der Waals surface area (Å²) in [5.41, 5.74) is 11.5. The summed E-state index contributed by atoms with van der Waals surface area (Å²) in [4.78, 5) is 42.9. The van der Waals surface area contributed by atoms with E-state index in [0.717, 1.165) is 28.7 Å². The maximum Gasteiger partial charge on any atom is 0.289 e. The number of pyridine rings is 1. The molecule has 0 radical (unpaired) electrons. The molecule has 0 bridgehead atoms. The summed E-state index contributed by atoms with van der Waals surface area (Å²) in [7, 11) is 0. The number of likely N-dealkylation sites (tertiary alicyclic amines) is 1. The van der Waals surface area contributed by atoms with Gasteiger partial charge in [0.1, 0.15) is 5.82 Å². The number of piperidine rings is 1. The van der Waals surface area contributed by atoms with Crippen LogP contribution in [-0.2, 0) is 0 Å². The topological polar surface area (TPSA) is 135 Å². The third kappa shape index (κ3) is 4.02. The number of fused-ring (bicyclic) bond motifs is 1. The molecule has 184 valence electrons. The zero-order chi connectivity index (χ0) is 25.4. The number of aldehydes is 1. The van der Waals surface area contributed by atoms with E-state index in [1.165, 1.54) is 4.52 Å². The molecule has 4 aromatic heterocycles. The molecule has 1 amide bonds. The van der Waals surface area contributed by atoms with Gasteiger partial charge < -0.3 is 15.6 Å². The Labute approximate surface area is 212 Å². The molecule has 37 heavy (non-hydrogen) atoms. The van der Waals surface area contributed by atoms with E-state index in [-0.39, 0.29) is 17.6 Å². The lowest BCUT2D eigenvalue weighted by Gasteiger charge is -2.31. The van der Waals surface area contributed by atoms with Crippen LogP contribution in [0.1, 0.15) is 45.4 Å². The van der Waals surface area contributed by atoms with E-state index in [0.29, 0.717) is 48.7 Å². The quantitative estimate of drug-likeness (QED) is 0.358. The highest BCUT2D eigenvalue weighted by atomic mass is 16.2. The second kappa shape index (κ2) is 9.30. The summed E-state index contributed by atoms with van der Waals surface area (Å²) in [6.45, 7) is 1.07. The SMILES string of the molecule is Nc1c(C=O)c(C2CCN(C(=O)c3ncc[nH]3)CC2)nc2c(-c3ccc(-c4ccccc4)nc3)cnn12. The minimum atomic E-state index is -0.133. The number of H-pyrrole nitrogens is 1. The molecular formula is C27H24N8O2. The first-order valence-electron chi connectivity index (χ1n) is 12.1. The van der Waals surface area contributed by atoms with Gasteiger partial charge in [-0.3, -0.25) is 14.6 Å². The lowest BCUT2D eigenvalue weighted by Crippen LogP contribution is -2.38. The number of nitrogens with two attached hydrogens (primary N) is 1. The summed E-state index contributed by atoms with van der Waals surface area (Å²) >= 11 is 0. The number of imidazole rings is 1. The first-order valence-corrected chi connectivity index (χ1v) is 12.1. The maximum absolute atomic E-state index is 12.7. The largest absolute Gasteiger partial charge is 0.383 e. The number of carbonyl (C=O) groups excluding carboxylic acids is 2. The maximum atomic E-state index is 12.7. The van der Waals surface area contributed by atoms with E-state index in [9.17, 15) is 9.59 Å². The third-order valence-electron chi connectivity index (χ3n) is 6.88. The van der Waals surface area contributed by atoms with E-state index < -0.39 is 0 Å². The molecule has 1 aliphatic rings. The van der Waals surface area contributed by atoms with E-state index in [4.69, 9.17) is 10.7 Å². The molecule has 5 aromatic rings. The number of aromatic amines is 1. The second-order valence-electron chi connectivity index (χ2n) is 9.01. The molecule has 1 aliphatic heterocycles. The highest BCUT2D eigenvalue weighted by Crippen LogP contribution is 2.34. The van der Waals surface area contributed by atoms with Gasteiger partial charge >= 0.3 is 0 Å². The number of benzene rings is 1. The van der Waals surface area contributed by atoms with Crippen LogP contribution in [-0.4, -0.2) is 59.7 Å². The molecule has 0 saturated carbocycles. The van der Waals surface area contributed by atoms with Gasteiger partial charge in [-0.2, -0.15) is 9.61 Å². The number of carbonyl (C=O) groups is 2. The predicted octanol–water partition coefficient (Wildman–Crippen LogP) is 3.60. The lowest BCUT2D eigenvalue weighted by molar-refractivity contribution is 0.0700. The van der Waals surface area contributed by atoms with Gasteiger partial charge in [-0.25, -0.2) is 9.97 Å². The standard InChI is InChI=1S/C27H24N8O2/c28-24-21(16-36)23(18-8-12-34(13-9-18)27(37)25-29-10-11-30-25)33-26-20(15-32-35(24)26)19-6-7-22(31-14-19)17-4-2-1-3-5-17/h1-7,10-11,14-16,18H,8-9,12-13,28H2,(H,29,30). The van der Waals surface area contributed by atoms with Crippen molar-refractivity contribution in [2.75, 3.05) is 18.8 Å². The Kier molecular flexibility index (Phi) is 5.68.